The molecule has 2 aromatic rings. The molecule has 0 unspecified atom stereocenters. The van der Waals surface area contributed by atoms with Gasteiger partial charge >= 0.3 is 0 Å². The van der Waals surface area contributed by atoms with Crippen LogP contribution in [0.2, 0.25) is 0 Å². The Hall–Kier alpha value is -1.70. The van der Waals surface area contributed by atoms with Crippen LogP contribution in [0.3, 0.4) is 0 Å². The summed E-state index contributed by atoms with van der Waals surface area (Å²) in [6.45, 7) is 0. The number of hydrogen-bond donors (Lipinski definition) is 2. The fourth-order valence-electron chi connectivity index (χ4n) is 1.27. The van der Waals surface area contributed by atoms with Crippen LogP contribution in [-0.2, 0) is 0 Å². The van der Waals surface area contributed by atoms with Crippen molar-refractivity contribution in [2.75, 3.05) is 5.73 Å². The molecule has 2 nitrogen and oxygen atoms in total. The van der Waals surface area contributed by atoms with Crippen molar-refractivity contribution in [1.82, 2.24) is 0 Å². The lowest BCUT2D eigenvalue weighted by Crippen LogP contribution is -1.85. The molecule has 3 N–H and O–H groups in total. The Morgan fingerprint density at radius 1 is 1.00 bits per heavy atom. The summed E-state index contributed by atoms with van der Waals surface area (Å²) >= 11 is 0. The lowest BCUT2D eigenvalue weighted by molar-refractivity contribution is 0.484. The molecule has 0 aliphatic rings. The standard InChI is InChI=1S/C10H9NO/c11-9-6-5-7-3-1-2-4-8(7)10(9)12/h1-6,12H,11H2. The van der Waals surface area contributed by atoms with Crippen LogP contribution in [0.25, 0.3) is 10.8 Å². The Bertz CT molecular complexity index is 423. The zero-order valence-corrected chi connectivity index (χ0v) is 6.49. The van der Waals surface area contributed by atoms with E-state index in [2.05, 4.69) is 0 Å². The highest BCUT2D eigenvalue weighted by Crippen LogP contribution is 2.29. The van der Waals surface area contributed by atoms with Gasteiger partial charge in [-0.1, -0.05) is 30.3 Å². The van der Waals surface area contributed by atoms with Gasteiger partial charge in [-0.3, -0.25) is 0 Å². The molecule has 0 aromatic heterocycles. The van der Waals surface area contributed by atoms with Gasteiger partial charge in [-0.2, -0.15) is 0 Å². The van der Waals surface area contributed by atoms with E-state index in [1.165, 1.54) is 0 Å². The average Bonchev–Trinajstić information content (AvgIpc) is 2.12. The quantitative estimate of drug-likeness (QED) is 0.457. The van der Waals surface area contributed by atoms with Crippen molar-refractivity contribution in [2.24, 2.45) is 0 Å². The van der Waals surface area contributed by atoms with E-state index in [0.29, 0.717) is 5.69 Å². The molecule has 60 valence electrons. The molecule has 0 spiro atoms. The number of nitrogens with two attached hydrogens (primary N) is 1. The van der Waals surface area contributed by atoms with Gasteiger partial charge < -0.3 is 10.8 Å². The molecular formula is C10H9NO. The van der Waals surface area contributed by atoms with Crippen LogP contribution in [0.15, 0.2) is 36.4 Å². The topological polar surface area (TPSA) is 46.2 Å². The number of fused-ring (bicyclic) bond motifs is 1. The van der Waals surface area contributed by atoms with E-state index in [-0.39, 0.29) is 5.75 Å². The van der Waals surface area contributed by atoms with Gasteiger partial charge in [-0.25, -0.2) is 0 Å². The largest absolute Gasteiger partial charge is 0.505 e. The molecule has 0 aliphatic heterocycles. The molecule has 2 heteroatoms. The van der Waals surface area contributed by atoms with E-state index in [1.54, 1.807) is 6.07 Å². The number of phenols is 1. The Balaban J connectivity index is 2.91. The SMILES string of the molecule is Nc1ccc2ccccc2c1O. The summed E-state index contributed by atoms with van der Waals surface area (Å²) in [5, 5.41) is 11.3. The molecule has 0 saturated carbocycles. The third kappa shape index (κ3) is 0.889. The van der Waals surface area contributed by atoms with E-state index in [0.717, 1.165) is 10.8 Å². The van der Waals surface area contributed by atoms with Crippen molar-refractivity contribution >= 4 is 16.5 Å². The molecule has 12 heavy (non-hydrogen) atoms. The van der Waals surface area contributed by atoms with Gasteiger partial charge in [0.1, 0.15) is 5.75 Å². The van der Waals surface area contributed by atoms with Crippen molar-refractivity contribution in [3.05, 3.63) is 36.4 Å². The van der Waals surface area contributed by atoms with E-state index >= 15 is 0 Å². The van der Waals surface area contributed by atoms with E-state index in [9.17, 15) is 5.11 Å². The summed E-state index contributed by atoms with van der Waals surface area (Å²) in [6.07, 6.45) is 0. The first-order valence-corrected chi connectivity index (χ1v) is 3.75. The van der Waals surface area contributed by atoms with Crippen molar-refractivity contribution in [2.45, 2.75) is 0 Å². The number of rotatable bonds is 0. The third-order valence-electron chi connectivity index (χ3n) is 1.93. The van der Waals surface area contributed by atoms with Gasteiger partial charge in [0.15, 0.2) is 0 Å². The normalized spacial score (nSPS) is 10.3. The number of benzene rings is 2. The van der Waals surface area contributed by atoms with E-state index < -0.39 is 0 Å². The summed E-state index contributed by atoms with van der Waals surface area (Å²) in [6, 6.07) is 11.2. The number of anilines is 1. The highest BCUT2D eigenvalue weighted by molar-refractivity contribution is 5.92. The Morgan fingerprint density at radius 2 is 1.75 bits per heavy atom. The molecular weight excluding hydrogens is 150 g/mol. The molecule has 0 heterocycles. The summed E-state index contributed by atoms with van der Waals surface area (Å²) in [5.41, 5.74) is 5.96. The monoisotopic (exact) mass is 159 g/mol. The predicted octanol–water partition coefficient (Wildman–Crippen LogP) is 2.13. The average molecular weight is 159 g/mol. The Labute approximate surface area is 70.2 Å². The van der Waals surface area contributed by atoms with Gasteiger partial charge in [-0.05, 0) is 11.5 Å². The minimum Gasteiger partial charge on any atom is -0.505 e. The molecule has 0 radical (unpaired) electrons. The molecule has 0 fully saturated rings. The Kier molecular flexibility index (Phi) is 1.40. The van der Waals surface area contributed by atoms with Crippen LogP contribution in [0, 0.1) is 0 Å². The second-order valence-electron chi connectivity index (χ2n) is 2.72. The van der Waals surface area contributed by atoms with Crippen molar-refractivity contribution < 1.29 is 5.11 Å². The van der Waals surface area contributed by atoms with Gasteiger partial charge in [0.05, 0.1) is 5.69 Å². The van der Waals surface area contributed by atoms with Crippen LogP contribution >= 0.6 is 0 Å². The van der Waals surface area contributed by atoms with Gasteiger partial charge in [0.2, 0.25) is 0 Å². The van der Waals surface area contributed by atoms with Crippen molar-refractivity contribution in [3.8, 4) is 5.75 Å². The highest BCUT2D eigenvalue weighted by atomic mass is 16.3. The number of hydrogen-bond acceptors (Lipinski definition) is 2. The maximum Gasteiger partial charge on any atom is 0.146 e. The van der Waals surface area contributed by atoms with Crippen molar-refractivity contribution in [3.63, 3.8) is 0 Å². The van der Waals surface area contributed by atoms with Gasteiger partial charge in [0.25, 0.3) is 0 Å². The first kappa shape index (κ1) is 6.98. The second kappa shape index (κ2) is 2.41. The summed E-state index contributed by atoms with van der Waals surface area (Å²) in [7, 11) is 0. The maximum atomic E-state index is 9.53. The second-order valence-corrected chi connectivity index (χ2v) is 2.72. The van der Waals surface area contributed by atoms with Crippen LogP contribution in [0.4, 0.5) is 5.69 Å². The predicted molar refractivity (Wildman–Crippen MR) is 50.0 cm³/mol. The first-order chi connectivity index (χ1) is 5.79. The molecule has 0 saturated heterocycles. The van der Waals surface area contributed by atoms with Crippen molar-refractivity contribution in [1.29, 1.82) is 0 Å². The van der Waals surface area contributed by atoms with Gasteiger partial charge in [-0.15, -0.1) is 0 Å². The fourth-order valence-corrected chi connectivity index (χ4v) is 1.27. The lowest BCUT2D eigenvalue weighted by atomic mass is 10.1. The van der Waals surface area contributed by atoms with Crippen LogP contribution in [0.5, 0.6) is 5.75 Å². The minimum absolute atomic E-state index is 0.174. The number of aromatic hydroxyl groups is 1. The molecule has 0 aliphatic carbocycles. The van der Waals surface area contributed by atoms with E-state index in [4.69, 9.17) is 5.73 Å². The van der Waals surface area contributed by atoms with Crippen LogP contribution in [0.1, 0.15) is 0 Å². The molecule has 2 aromatic carbocycles. The number of phenolic OH excluding ortho intramolecular Hbond substituents is 1. The highest BCUT2D eigenvalue weighted by Gasteiger charge is 2.00. The van der Waals surface area contributed by atoms with Crippen LogP contribution < -0.4 is 5.73 Å². The smallest absolute Gasteiger partial charge is 0.146 e. The van der Waals surface area contributed by atoms with Crippen LogP contribution in [-0.4, -0.2) is 5.11 Å². The number of nitrogen functional groups attached to an aromatic ring is 1. The third-order valence-corrected chi connectivity index (χ3v) is 1.93. The summed E-state index contributed by atoms with van der Waals surface area (Å²) in [5.74, 6) is 0.174. The molecule has 2 rings (SSSR count). The molecule has 0 atom stereocenters. The molecule has 0 bridgehead atoms. The summed E-state index contributed by atoms with van der Waals surface area (Å²) < 4.78 is 0. The summed E-state index contributed by atoms with van der Waals surface area (Å²) in [4.78, 5) is 0. The Morgan fingerprint density at radius 3 is 2.58 bits per heavy atom. The first-order valence-electron chi connectivity index (χ1n) is 3.75. The lowest BCUT2D eigenvalue weighted by Gasteiger charge is -2.02. The fraction of sp³-hybridized carbons (Fsp3) is 0. The maximum absolute atomic E-state index is 9.53. The molecule has 0 amide bonds. The zero-order chi connectivity index (χ0) is 8.55. The van der Waals surface area contributed by atoms with E-state index in [1.807, 2.05) is 30.3 Å². The minimum atomic E-state index is 0.174. The van der Waals surface area contributed by atoms with Gasteiger partial charge in [0, 0.05) is 5.39 Å². The zero-order valence-electron chi connectivity index (χ0n) is 6.49.